The number of benzene rings is 1. The predicted octanol–water partition coefficient (Wildman–Crippen LogP) is 3.78. The Balaban J connectivity index is 2.55. The summed E-state index contributed by atoms with van der Waals surface area (Å²) in [7, 11) is 0. The normalized spacial score (nSPS) is 14.6. The molecule has 1 nitrogen and oxygen atoms in total. The Kier molecular flexibility index (Phi) is 6.20. The fourth-order valence-electron chi connectivity index (χ4n) is 2.30. The van der Waals surface area contributed by atoms with Gasteiger partial charge < -0.3 is 5.32 Å². The molecule has 0 fully saturated rings. The molecule has 2 heteroatoms. The summed E-state index contributed by atoms with van der Waals surface area (Å²) in [6.45, 7) is 7.65. The predicted molar refractivity (Wildman–Crippen MR) is 71.6 cm³/mol. The van der Waals surface area contributed by atoms with Gasteiger partial charge in [0.05, 0.1) is 0 Å². The Bertz CT molecular complexity index is 301. The minimum Gasteiger partial charge on any atom is -0.314 e. The topological polar surface area (TPSA) is 12.0 Å². The van der Waals surface area contributed by atoms with Crippen LogP contribution in [0.15, 0.2) is 24.3 Å². The molecule has 0 radical (unpaired) electrons. The van der Waals surface area contributed by atoms with Crippen molar-refractivity contribution in [1.82, 2.24) is 5.32 Å². The maximum atomic E-state index is 12.8. The first kappa shape index (κ1) is 14.2. The molecule has 0 aliphatic heterocycles. The van der Waals surface area contributed by atoms with Crippen LogP contribution in [-0.4, -0.2) is 12.6 Å². The molecule has 0 aliphatic rings. The van der Waals surface area contributed by atoms with E-state index in [9.17, 15) is 4.39 Å². The van der Waals surface area contributed by atoms with Crippen LogP contribution in [0.1, 0.15) is 39.2 Å². The van der Waals surface area contributed by atoms with E-state index in [1.54, 1.807) is 12.1 Å². The summed E-state index contributed by atoms with van der Waals surface area (Å²) >= 11 is 0. The lowest BCUT2D eigenvalue weighted by atomic mass is 9.91. The lowest BCUT2D eigenvalue weighted by Gasteiger charge is -2.24. The first-order valence-electron chi connectivity index (χ1n) is 6.65. The highest BCUT2D eigenvalue weighted by molar-refractivity contribution is 5.16. The van der Waals surface area contributed by atoms with Gasteiger partial charge in [0.25, 0.3) is 0 Å². The van der Waals surface area contributed by atoms with Crippen molar-refractivity contribution in [2.75, 3.05) is 6.54 Å². The quantitative estimate of drug-likeness (QED) is 0.761. The van der Waals surface area contributed by atoms with E-state index in [4.69, 9.17) is 0 Å². The Morgan fingerprint density at radius 3 is 2.35 bits per heavy atom. The third-order valence-corrected chi connectivity index (χ3v) is 3.22. The standard InChI is InChI=1S/C15H24FN/c1-4-6-15(17-5-2)12(3)11-13-7-9-14(16)10-8-13/h7-10,12,15,17H,4-6,11H2,1-3H3. The molecule has 2 atom stereocenters. The molecule has 1 rings (SSSR count). The lowest BCUT2D eigenvalue weighted by Crippen LogP contribution is -2.35. The van der Waals surface area contributed by atoms with Gasteiger partial charge in [-0.15, -0.1) is 0 Å². The molecule has 0 spiro atoms. The average molecular weight is 237 g/mol. The Morgan fingerprint density at radius 2 is 1.82 bits per heavy atom. The van der Waals surface area contributed by atoms with Crippen LogP contribution in [-0.2, 0) is 6.42 Å². The number of rotatable bonds is 7. The van der Waals surface area contributed by atoms with E-state index >= 15 is 0 Å². The fourth-order valence-corrected chi connectivity index (χ4v) is 2.30. The van der Waals surface area contributed by atoms with E-state index < -0.39 is 0 Å². The van der Waals surface area contributed by atoms with Crippen molar-refractivity contribution >= 4 is 0 Å². The summed E-state index contributed by atoms with van der Waals surface area (Å²) in [6.07, 6.45) is 3.42. The summed E-state index contributed by atoms with van der Waals surface area (Å²) in [6, 6.07) is 7.44. The fraction of sp³-hybridized carbons (Fsp3) is 0.600. The molecule has 0 amide bonds. The van der Waals surface area contributed by atoms with Crippen LogP contribution in [0.4, 0.5) is 4.39 Å². The van der Waals surface area contributed by atoms with Crippen molar-refractivity contribution in [3.8, 4) is 0 Å². The Hall–Kier alpha value is -0.890. The van der Waals surface area contributed by atoms with Crippen LogP contribution >= 0.6 is 0 Å². The second kappa shape index (κ2) is 7.44. The average Bonchev–Trinajstić information content (AvgIpc) is 2.32. The van der Waals surface area contributed by atoms with Crippen molar-refractivity contribution in [2.24, 2.45) is 5.92 Å². The van der Waals surface area contributed by atoms with Gasteiger partial charge in [0.1, 0.15) is 5.82 Å². The van der Waals surface area contributed by atoms with Crippen molar-refractivity contribution in [2.45, 2.75) is 46.1 Å². The molecule has 1 N–H and O–H groups in total. The highest BCUT2D eigenvalue weighted by Crippen LogP contribution is 2.16. The van der Waals surface area contributed by atoms with Gasteiger partial charge in [-0.05, 0) is 43.0 Å². The summed E-state index contributed by atoms with van der Waals surface area (Å²) in [5.74, 6) is 0.429. The third kappa shape index (κ3) is 4.86. The molecule has 0 aromatic heterocycles. The molecule has 17 heavy (non-hydrogen) atoms. The third-order valence-electron chi connectivity index (χ3n) is 3.22. The van der Waals surface area contributed by atoms with Crippen LogP contribution in [0, 0.1) is 11.7 Å². The summed E-state index contributed by atoms with van der Waals surface area (Å²) in [4.78, 5) is 0. The zero-order chi connectivity index (χ0) is 12.7. The van der Waals surface area contributed by atoms with Crippen LogP contribution in [0.25, 0.3) is 0 Å². The van der Waals surface area contributed by atoms with Gasteiger partial charge in [-0.1, -0.05) is 39.3 Å². The molecule has 0 bridgehead atoms. The number of halogens is 1. The molecule has 1 aromatic carbocycles. The second-order valence-electron chi connectivity index (χ2n) is 4.76. The summed E-state index contributed by atoms with van der Waals surface area (Å²) < 4.78 is 12.8. The maximum Gasteiger partial charge on any atom is 0.123 e. The molecule has 1 aromatic rings. The van der Waals surface area contributed by atoms with Gasteiger partial charge in [-0.25, -0.2) is 4.39 Å². The van der Waals surface area contributed by atoms with Gasteiger partial charge in [0.2, 0.25) is 0 Å². The van der Waals surface area contributed by atoms with E-state index in [1.165, 1.54) is 18.4 Å². The molecule has 0 heterocycles. The van der Waals surface area contributed by atoms with Crippen LogP contribution in [0.3, 0.4) is 0 Å². The van der Waals surface area contributed by atoms with E-state index in [2.05, 4.69) is 26.1 Å². The molecule has 96 valence electrons. The minimum atomic E-state index is -0.154. The number of hydrogen-bond acceptors (Lipinski definition) is 1. The molecule has 0 saturated carbocycles. The summed E-state index contributed by atoms with van der Waals surface area (Å²) in [5.41, 5.74) is 1.22. The molecule has 0 saturated heterocycles. The lowest BCUT2D eigenvalue weighted by molar-refractivity contribution is 0.357. The summed E-state index contributed by atoms with van der Waals surface area (Å²) in [5, 5.41) is 3.54. The van der Waals surface area contributed by atoms with E-state index in [1.807, 2.05) is 12.1 Å². The van der Waals surface area contributed by atoms with Gasteiger partial charge in [0.15, 0.2) is 0 Å². The number of hydrogen-bond donors (Lipinski definition) is 1. The zero-order valence-electron chi connectivity index (χ0n) is 11.2. The second-order valence-corrected chi connectivity index (χ2v) is 4.76. The Labute approximate surface area is 104 Å². The molecule has 2 unspecified atom stereocenters. The van der Waals surface area contributed by atoms with Gasteiger partial charge in [-0.3, -0.25) is 0 Å². The minimum absolute atomic E-state index is 0.154. The highest BCUT2D eigenvalue weighted by atomic mass is 19.1. The van der Waals surface area contributed by atoms with E-state index in [0.29, 0.717) is 12.0 Å². The smallest absolute Gasteiger partial charge is 0.123 e. The van der Waals surface area contributed by atoms with Crippen molar-refractivity contribution in [3.63, 3.8) is 0 Å². The first-order valence-corrected chi connectivity index (χ1v) is 6.65. The maximum absolute atomic E-state index is 12.8. The van der Waals surface area contributed by atoms with Gasteiger partial charge in [-0.2, -0.15) is 0 Å². The van der Waals surface area contributed by atoms with Crippen molar-refractivity contribution in [3.05, 3.63) is 35.6 Å². The molecular formula is C15H24FN. The van der Waals surface area contributed by atoms with Gasteiger partial charge in [0, 0.05) is 6.04 Å². The molecular weight excluding hydrogens is 213 g/mol. The Morgan fingerprint density at radius 1 is 1.18 bits per heavy atom. The van der Waals surface area contributed by atoms with Gasteiger partial charge >= 0.3 is 0 Å². The number of nitrogens with one attached hydrogen (secondary N) is 1. The SMILES string of the molecule is CCCC(NCC)C(C)Cc1ccc(F)cc1. The van der Waals surface area contributed by atoms with Crippen LogP contribution in [0.2, 0.25) is 0 Å². The highest BCUT2D eigenvalue weighted by Gasteiger charge is 2.15. The first-order chi connectivity index (χ1) is 8.17. The van der Waals surface area contributed by atoms with Crippen molar-refractivity contribution in [1.29, 1.82) is 0 Å². The zero-order valence-corrected chi connectivity index (χ0v) is 11.2. The van der Waals surface area contributed by atoms with Crippen LogP contribution < -0.4 is 5.32 Å². The monoisotopic (exact) mass is 237 g/mol. The van der Waals surface area contributed by atoms with Crippen LogP contribution in [0.5, 0.6) is 0 Å². The molecule has 0 aliphatic carbocycles. The van der Waals surface area contributed by atoms with E-state index in [0.717, 1.165) is 13.0 Å². The van der Waals surface area contributed by atoms with E-state index in [-0.39, 0.29) is 5.82 Å². The van der Waals surface area contributed by atoms with Crippen molar-refractivity contribution < 1.29 is 4.39 Å². The largest absolute Gasteiger partial charge is 0.314 e.